The first kappa shape index (κ1) is 14.3. The van der Waals surface area contributed by atoms with E-state index in [1.54, 1.807) is 10.6 Å². The molecule has 7 nitrogen and oxygen atoms in total. The number of aromatic nitrogens is 3. The zero-order chi connectivity index (χ0) is 16.4. The minimum Gasteiger partial charge on any atom is -0.492 e. The number of benzene rings is 2. The summed E-state index contributed by atoms with van der Waals surface area (Å²) < 4.78 is 17.6. The molecule has 0 amide bonds. The molecule has 0 spiro atoms. The molecule has 7 heteroatoms. The predicted octanol–water partition coefficient (Wildman–Crippen LogP) is 2.72. The molecule has 0 atom stereocenters. The van der Waals surface area contributed by atoms with E-state index in [0.29, 0.717) is 30.4 Å². The lowest BCUT2D eigenvalue weighted by atomic mass is 10.2. The Kier molecular flexibility index (Phi) is 3.59. The summed E-state index contributed by atoms with van der Waals surface area (Å²) in [6, 6.07) is 14.6. The van der Waals surface area contributed by atoms with Gasteiger partial charge in [-0.15, -0.1) is 10.2 Å². The molecule has 24 heavy (non-hydrogen) atoms. The maximum absolute atomic E-state index is 11.9. The van der Waals surface area contributed by atoms with Crippen LogP contribution in [-0.4, -0.2) is 21.4 Å². The average Bonchev–Trinajstić information content (AvgIpc) is 3.24. The van der Waals surface area contributed by atoms with Crippen LogP contribution in [0.25, 0.3) is 22.6 Å². The highest BCUT2D eigenvalue weighted by atomic mass is 16.5. The monoisotopic (exact) mass is 323 g/mol. The van der Waals surface area contributed by atoms with Gasteiger partial charge in [0.25, 0.3) is 0 Å². The number of ether oxygens (including phenoxy) is 1. The number of fused-ring (bicyclic) bond motifs is 1. The third-order valence-corrected chi connectivity index (χ3v) is 3.62. The van der Waals surface area contributed by atoms with Crippen LogP contribution in [0.15, 0.2) is 68.6 Å². The Labute approximate surface area is 136 Å². The molecule has 4 aromatic rings. The molecule has 0 radical (unpaired) electrons. The van der Waals surface area contributed by atoms with E-state index in [9.17, 15) is 4.79 Å². The van der Waals surface area contributed by atoms with Gasteiger partial charge in [0.2, 0.25) is 12.3 Å². The highest BCUT2D eigenvalue weighted by Gasteiger charge is 2.08. The molecule has 0 aliphatic rings. The number of hydrogen-bond acceptors (Lipinski definition) is 6. The normalized spacial score (nSPS) is 11.0. The zero-order valence-electron chi connectivity index (χ0n) is 12.6. The van der Waals surface area contributed by atoms with E-state index in [1.807, 2.05) is 42.5 Å². The van der Waals surface area contributed by atoms with Crippen LogP contribution in [-0.2, 0) is 6.54 Å². The molecule has 0 N–H and O–H groups in total. The molecule has 2 aromatic carbocycles. The largest absolute Gasteiger partial charge is 0.492 e. The summed E-state index contributed by atoms with van der Waals surface area (Å²) in [5.74, 6) is 0.767. The van der Waals surface area contributed by atoms with Crippen molar-refractivity contribution in [3.63, 3.8) is 0 Å². The summed E-state index contributed by atoms with van der Waals surface area (Å²) in [5.41, 5.74) is 2.15. The fourth-order valence-corrected chi connectivity index (χ4v) is 2.47. The van der Waals surface area contributed by atoms with Crippen LogP contribution in [0.2, 0.25) is 0 Å². The van der Waals surface area contributed by atoms with Gasteiger partial charge in [0.15, 0.2) is 5.58 Å². The maximum Gasteiger partial charge on any atom is 0.420 e. The van der Waals surface area contributed by atoms with E-state index in [2.05, 4.69) is 10.2 Å². The smallest absolute Gasteiger partial charge is 0.420 e. The molecule has 0 saturated heterocycles. The summed E-state index contributed by atoms with van der Waals surface area (Å²) in [5, 5.41) is 7.49. The molecular weight excluding hydrogens is 310 g/mol. The third kappa shape index (κ3) is 2.67. The number of nitrogens with zero attached hydrogens (tertiary/aromatic N) is 3. The topological polar surface area (TPSA) is 83.3 Å². The molecule has 0 saturated carbocycles. The first-order valence-corrected chi connectivity index (χ1v) is 7.39. The number of para-hydroxylation sites is 2. The van der Waals surface area contributed by atoms with Crippen LogP contribution in [0.1, 0.15) is 0 Å². The lowest BCUT2D eigenvalue weighted by Crippen LogP contribution is -2.18. The Morgan fingerprint density at radius 1 is 1.08 bits per heavy atom. The van der Waals surface area contributed by atoms with Crippen LogP contribution in [0.5, 0.6) is 5.75 Å². The molecular formula is C17H13N3O4. The zero-order valence-corrected chi connectivity index (χ0v) is 12.6. The second-order valence-corrected chi connectivity index (χ2v) is 5.10. The lowest BCUT2D eigenvalue weighted by Gasteiger charge is -2.07. The van der Waals surface area contributed by atoms with Crippen molar-refractivity contribution in [1.29, 1.82) is 0 Å². The molecule has 2 heterocycles. The molecule has 0 bridgehead atoms. The molecule has 120 valence electrons. The van der Waals surface area contributed by atoms with Gasteiger partial charge in [-0.2, -0.15) is 0 Å². The molecule has 4 rings (SSSR count). The summed E-state index contributed by atoms with van der Waals surface area (Å²) in [7, 11) is 0. The molecule has 0 fully saturated rings. The maximum atomic E-state index is 11.9. The summed E-state index contributed by atoms with van der Waals surface area (Å²) in [6.45, 7) is 0.755. The van der Waals surface area contributed by atoms with E-state index in [1.165, 1.54) is 6.39 Å². The fourth-order valence-electron chi connectivity index (χ4n) is 2.47. The highest BCUT2D eigenvalue weighted by molar-refractivity contribution is 5.72. The van der Waals surface area contributed by atoms with Crippen molar-refractivity contribution in [2.24, 2.45) is 0 Å². The van der Waals surface area contributed by atoms with Crippen LogP contribution in [0.4, 0.5) is 0 Å². The highest BCUT2D eigenvalue weighted by Crippen LogP contribution is 2.20. The van der Waals surface area contributed by atoms with Crippen LogP contribution < -0.4 is 10.5 Å². The van der Waals surface area contributed by atoms with Crippen molar-refractivity contribution in [1.82, 2.24) is 14.8 Å². The average molecular weight is 323 g/mol. The molecule has 0 aliphatic heterocycles. The van der Waals surface area contributed by atoms with Gasteiger partial charge in [-0.1, -0.05) is 12.1 Å². The van der Waals surface area contributed by atoms with E-state index in [-0.39, 0.29) is 5.76 Å². The van der Waals surface area contributed by atoms with Crippen molar-refractivity contribution in [2.45, 2.75) is 6.54 Å². The number of rotatable bonds is 5. The SMILES string of the molecule is O=c1oc2ccccc2n1CCOc1ccc(-c2nnco2)cc1. The molecule has 0 aliphatic carbocycles. The van der Waals surface area contributed by atoms with Gasteiger partial charge < -0.3 is 13.6 Å². The quantitative estimate of drug-likeness (QED) is 0.561. The minimum absolute atomic E-state index is 0.351. The lowest BCUT2D eigenvalue weighted by molar-refractivity contribution is 0.294. The second kappa shape index (κ2) is 6.04. The van der Waals surface area contributed by atoms with Crippen LogP contribution in [0, 0.1) is 0 Å². The van der Waals surface area contributed by atoms with Crippen molar-refractivity contribution in [2.75, 3.05) is 6.61 Å². The Bertz CT molecular complexity index is 1000. The van der Waals surface area contributed by atoms with E-state index in [0.717, 1.165) is 11.1 Å². The van der Waals surface area contributed by atoms with Gasteiger partial charge in [-0.05, 0) is 36.4 Å². The summed E-state index contributed by atoms with van der Waals surface area (Å²) >= 11 is 0. The van der Waals surface area contributed by atoms with Gasteiger partial charge in [-0.25, -0.2) is 4.79 Å². The van der Waals surface area contributed by atoms with E-state index >= 15 is 0 Å². The fraction of sp³-hybridized carbons (Fsp3) is 0.118. The standard InChI is InChI=1S/C17H13N3O4/c21-17-20(14-3-1-2-4-15(14)24-17)9-10-22-13-7-5-12(6-8-13)16-19-18-11-23-16/h1-8,11H,9-10H2. The third-order valence-electron chi connectivity index (χ3n) is 3.62. The first-order chi connectivity index (χ1) is 11.8. The Balaban J connectivity index is 1.43. The van der Waals surface area contributed by atoms with Crippen molar-refractivity contribution >= 4 is 11.1 Å². The van der Waals surface area contributed by atoms with Gasteiger partial charge in [0.1, 0.15) is 12.4 Å². The summed E-state index contributed by atoms with van der Waals surface area (Å²) in [4.78, 5) is 11.9. The minimum atomic E-state index is -0.383. The Morgan fingerprint density at radius 2 is 1.92 bits per heavy atom. The summed E-state index contributed by atoms with van der Waals surface area (Å²) in [6.07, 6.45) is 1.28. The van der Waals surface area contributed by atoms with Gasteiger partial charge >= 0.3 is 5.76 Å². The number of hydrogen-bond donors (Lipinski definition) is 0. The van der Waals surface area contributed by atoms with E-state index in [4.69, 9.17) is 13.6 Å². The molecule has 0 unspecified atom stereocenters. The van der Waals surface area contributed by atoms with E-state index < -0.39 is 0 Å². The van der Waals surface area contributed by atoms with Crippen molar-refractivity contribution < 1.29 is 13.6 Å². The first-order valence-electron chi connectivity index (χ1n) is 7.39. The van der Waals surface area contributed by atoms with Gasteiger partial charge in [0.05, 0.1) is 12.1 Å². The van der Waals surface area contributed by atoms with Gasteiger partial charge in [0, 0.05) is 5.56 Å². The van der Waals surface area contributed by atoms with Gasteiger partial charge in [-0.3, -0.25) is 4.57 Å². The van der Waals surface area contributed by atoms with Crippen LogP contribution in [0.3, 0.4) is 0 Å². The van der Waals surface area contributed by atoms with Crippen molar-refractivity contribution in [3.8, 4) is 17.2 Å². The molecule has 2 aromatic heterocycles. The Hall–Kier alpha value is -3.35. The predicted molar refractivity (Wildman–Crippen MR) is 85.7 cm³/mol. The number of oxazole rings is 1. The van der Waals surface area contributed by atoms with Crippen LogP contribution >= 0.6 is 0 Å². The Morgan fingerprint density at radius 3 is 2.71 bits per heavy atom. The van der Waals surface area contributed by atoms with Crippen molar-refractivity contribution in [3.05, 3.63) is 65.5 Å². The second-order valence-electron chi connectivity index (χ2n) is 5.10.